The summed E-state index contributed by atoms with van der Waals surface area (Å²) in [7, 11) is 1.76. The largest absolute Gasteiger partial charge is 0.356 e. The van der Waals surface area contributed by atoms with Gasteiger partial charge in [-0.2, -0.15) is 0 Å². The first kappa shape index (κ1) is 22.0. The molecule has 1 aliphatic heterocycles. The number of likely N-dealkylation sites (tertiary alicyclic amines) is 1. The molecule has 1 aromatic rings. The van der Waals surface area contributed by atoms with Crippen LogP contribution >= 0.6 is 35.6 Å². The van der Waals surface area contributed by atoms with Gasteiger partial charge in [-0.15, -0.1) is 24.0 Å². The molecule has 5 nitrogen and oxygen atoms in total. The molecule has 1 aliphatic rings. The van der Waals surface area contributed by atoms with Crippen LogP contribution in [0.5, 0.6) is 0 Å². The highest BCUT2D eigenvalue weighted by molar-refractivity contribution is 14.0. The Morgan fingerprint density at radius 3 is 2.84 bits per heavy atom. The van der Waals surface area contributed by atoms with Gasteiger partial charge in [0.2, 0.25) is 5.91 Å². The van der Waals surface area contributed by atoms with Crippen molar-refractivity contribution in [2.45, 2.75) is 32.7 Å². The van der Waals surface area contributed by atoms with Gasteiger partial charge in [0.15, 0.2) is 5.96 Å². The number of carbonyl (C=O) groups excluding carboxylic acids is 1. The van der Waals surface area contributed by atoms with E-state index in [9.17, 15) is 4.79 Å². The van der Waals surface area contributed by atoms with Crippen LogP contribution in [0, 0.1) is 5.92 Å². The number of guanidine groups is 1. The van der Waals surface area contributed by atoms with Crippen molar-refractivity contribution in [1.82, 2.24) is 15.5 Å². The van der Waals surface area contributed by atoms with Crippen molar-refractivity contribution in [2.75, 3.05) is 26.7 Å². The topological polar surface area (TPSA) is 56.7 Å². The Bertz CT molecular complexity index is 594. The smallest absolute Gasteiger partial charge is 0.225 e. The van der Waals surface area contributed by atoms with E-state index in [0.717, 1.165) is 43.5 Å². The summed E-state index contributed by atoms with van der Waals surface area (Å²) in [5, 5.41) is 7.49. The number of nitrogens with one attached hydrogen (secondary N) is 2. The fraction of sp³-hybridized carbons (Fsp3) is 0.556. The molecule has 1 amide bonds. The molecule has 0 spiro atoms. The highest BCUT2D eigenvalue weighted by Crippen LogP contribution is 2.13. The first-order valence-electron chi connectivity index (χ1n) is 8.50. The first-order chi connectivity index (χ1) is 11.5. The maximum Gasteiger partial charge on any atom is 0.225 e. The maximum absolute atomic E-state index is 12.0. The summed E-state index contributed by atoms with van der Waals surface area (Å²) in [6, 6.07) is 8.14. The molecule has 1 heterocycles. The quantitative estimate of drug-likeness (QED) is 0.389. The SMILES string of the molecule is CN=C(NCCc1cccc(Cl)c1)NC1CCN(C(=O)C(C)C)C1.I. The van der Waals surface area contributed by atoms with E-state index in [4.69, 9.17) is 11.6 Å². The van der Waals surface area contributed by atoms with Gasteiger partial charge in [0.05, 0.1) is 0 Å². The molecule has 140 valence electrons. The Kier molecular flexibility index (Phi) is 9.56. The Hall–Kier alpha value is -1.02. The van der Waals surface area contributed by atoms with Gasteiger partial charge in [-0.05, 0) is 30.5 Å². The van der Waals surface area contributed by atoms with Crippen molar-refractivity contribution in [2.24, 2.45) is 10.9 Å². The lowest BCUT2D eigenvalue weighted by Gasteiger charge is -2.20. The van der Waals surface area contributed by atoms with Crippen LogP contribution in [-0.2, 0) is 11.2 Å². The summed E-state index contributed by atoms with van der Waals surface area (Å²) >= 11 is 6.00. The molecule has 0 radical (unpaired) electrons. The van der Waals surface area contributed by atoms with Crippen LogP contribution in [0.15, 0.2) is 29.3 Å². The van der Waals surface area contributed by atoms with Crippen LogP contribution in [0.4, 0.5) is 0 Å². The second-order valence-corrected chi connectivity index (χ2v) is 6.88. The lowest BCUT2D eigenvalue weighted by Crippen LogP contribution is -2.45. The van der Waals surface area contributed by atoms with Gasteiger partial charge in [0.1, 0.15) is 0 Å². The van der Waals surface area contributed by atoms with Gasteiger partial charge in [0, 0.05) is 43.7 Å². The Labute approximate surface area is 172 Å². The van der Waals surface area contributed by atoms with Crippen molar-refractivity contribution >= 4 is 47.4 Å². The van der Waals surface area contributed by atoms with Crippen LogP contribution in [0.2, 0.25) is 5.02 Å². The molecular formula is C18H28ClIN4O. The zero-order valence-electron chi connectivity index (χ0n) is 15.1. The van der Waals surface area contributed by atoms with Gasteiger partial charge in [0.25, 0.3) is 0 Å². The average Bonchev–Trinajstić information content (AvgIpc) is 3.01. The van der Waals surface area contributed by atoms with E-state index in [-0.39, 0.29) is 41.8 Å². The number of benzene rings is 1. The monoisotopic (exact) mass is 478 g/mol. The number of aliphatic imine (C=N–C) groups is 1. The summed E-state index contributed by atoms with van der Waals surface area (Å²) in [6.45, 7) is 6.22. The van der Waals surface area contributed by atoms with Crippen LogP contribution in [0.3, 0.4) is 0 Å². The summed E-state index contributed by atoms with van der Waals surface area (Å²) in [5.74, 6) is 1.06. The van der Waals surface area contributed by atoms with Crippen molar-refractivity contribution in [1.29, 1.82) is 0 Å². The van der Waals surface area contributed by atoms with Crippen molar-refractivity contribution in [3.63, 3.8) is 0 Å². The molecule has 1 fully saturated rings. The van der Waals surface area contributed by atoms with E-state index in [1.54, 1.807) is 7.05 Å². The van der Waals surface area contributed by atoms with E-state index >= 15 is 0 Å². The molecule has 0 bridgehead atoms. The molecule has 7 heteroatoms. The number of hydrogen-bond acceptors (Lipinski definition) is 2. The van der Waals surface area contributed by atoms with E-state index in [1.165, 1.54) is 5.56 Å². The Balaban J connectivity index is 0.00000312. The zero-order valence-corrected chi connectivity index (χ0v) is 18.2. The van der Waals surface area contributed by atoms with Crippen molar-refractivity contribution in [3.05, 3.63) is 34.9 Å². The third-order valence-corrected chi connectivity index (χ3v) is 4.39. The lowest BCUT2D eigenvalue weighted by atomic mass is 10.1. The van der Waals surface area contributed by atoms with Gasteiger partial charge in [-0.3, -0.25) is 9.79 Å². The molecule has 0 aromatic heterocycles. The van der Waals surface area contributed by atoms with Crippen molar-refractivity contribution in [3.8, 4) is 0 Å². The second-order valence-electron chi connectivity index (χ2n) is 6.45. The molecule has 1 atom stereocenters. The number of hydrogen-bond donors (Lipinski definition) is 2. The summed E-state index contributed by atoms with van der Waals surface area (Å²) in [4.78, 5) is 18.2. The minimum absolute atomic E-state index is 0. The normalized spacial score (nSPS) is 17.4. The van der Waals surface area contributed by atoms with Crippen LogP contribution in [0.25, 0.3) is 0 Å². The molecule has 0 aliphatic carbocycles. The molecule has 0 saturated carbocycles. The Morgan fingerprint density at radius 1 is 1.44 bits per heavy atom. The average molecular weight is 479 g/mol. The predicted molar refractivity (Wildman–Crippen MR) is 115 cm³/mol. The van der Waals surface area contributed by atoms with Crippen LogP contribution in [-0.4, -0.2) is 49.5 Å². The predicted octanol–water partition coefficient (Wildman–Crippen LogP) is 2.92. The second kappa shape index (κ2) is 10.9. The third kappa shape index (κ3) is 7.01. The summed E-state index contributed by atoms with van der Waals surface area (Å²) in [5.41, 5.74) is 1.19. The molecule has 2 rings (SSSR count). The molecule has 1 unspecified atom stereocenters. The van der Waals surface area contributed by atoms with E-state index in [0.29, 0.717) is 0 Å². The summed E-state index contributed by atoms with van der Waals surface area (Å²) in [6.07, 6.45) is 1.83. The summed E-state index contributed by atoms with van der Waals surface area (Å²) < 4.78 is 0. The minimum Gasteiger partial charge on any atom is -0.356 e. The van der Waals surface area contributed by atoms with E-state index in [1.807, 2.05) is 36.9 Å². The zero-order chi connectivity index (χ0) is 17.5. The molecule has 1 aromatic carbocycles. The lowest BCUT2D eigenvalue weighted by molar-refractivity contribution is -0.133. The Morgan fingerprint density at radius 2 is 2.20 bits per heavy atom. The third-order valence-electron chi connectivity index (χ3n) is 4.15. The fourth-order valence-corrected chi connectivity index (χ4v) is 3.06. The van der Waals surface area contributed by atoms with E-state index in [2.05, 4.69) is 21.7 Å². The fourth-order valence-electron chi connectivity index (χ4n) is 2.85. The van der Waals surface area contributed by atoms with Gasteiger partial charge in [-0.1, -0.05) is 37.6 Å². The molecule has 1 saturated heterocycles. The van der Waals surface area contributed by atoms with Gasteiger partial charge >= 0.3 is 0 Å². The molecule has 2 N–H and O–H groups in total. The number of rotatable bonds is 5. The van der Waals surface area contributed by atoms with Crippen LogP contribution in [0.1, 0.15) is 25.8 Å². The van der Waals surface area contributed by atoms with Gasteiger partial charge < -0.3 is 15.5 Å². The number of carbonyl (C=O) groups is 1. The molecule has 25 heavy (non-hydrogen) atoms. The first-order valence-corrected chi connectivity index (χ1v) is 8.87. The van der Waals surface area contributed by atoms with E-state index < -0.39 is 0 Å². The number of nitrogens with zero attached hydrogens (tertiary/aromatic N) is 2. The van der Waals surface area contributed by atoms with Gasteiger partial charge in [-0.25, -0.2) is 0 Å². The number of halogens is 2. The number of amides is 1. The highest BCUT2D eigenvalue weighted by atomic mass is 127. The molecular weight excluding hydrogens is 451 g/mol. The highest BCUT2D eigenvalue weighted by Gasteiger charge is 2.27. The minimum atomic E-state index is 0. The standard InChI is InChI=1S/C18H27ClN4O.HI/c1-13(2)17(24)23-10-8-16(12-23)22-18(20-3)21-9-7-14-5-4-6-15(19)11-14;/h4-6,11,13,16H,7-10,12H2,1-3H3,(H2,20,21,22);1H. The maximum atomic E-state index is 12.0. The van der Waals surface area contributed by atoms with Crippen LogP contribution < -0.4 is 10.6 Å². The van der Waals surface area contributed by atoms with Crippen molar-refractivity contribution < 1.29 is 4.79 Å².